The monoisotopic (exact) mass is 240 g/mol. The molecule has 0 heterocycles. The first-order chi connectivity index (χ1) is 8.61. The lowest BCUT2D eigenvalue weighted by molar-refractivity contribution is -0.254. The van der Waals surface area contributed by atoms with Crippen molar-refractivity contribution in [3.05, 3.63) is 41.0 Å². The van der Waals surface area contributed by atoms with Crippen LogP contribution in [-0.2, 0) is 0 Å². The van der Waals surface area contributed by atoms with Crippen molar-refractivity contribution in [3.8, 4) is 11.8 Å². The Morgan fingerprint density at radius 1 is 1.33 bits per heavy atom. The zero-order chi connectivity index (χ0) is 13.3. The van der Waals surface area contributed by atoms with Gasteiger partial charge in [-0.2, -0.15) is 5.26 Å². The molecular weight excluding hydrogens is 230 g/mol. The molecular formula is C14H10NO3-. The Hall–Kier alpha value is -2.54. The van der Waals surface area contributed by atoms with Gasteiger partial charge in [-0.1, -0.05) is 24.3 Å². The molecule has 4 heteroatoms. The van der Waals surface area contributed by atoms with Crippen LogP contribution in [0.1, 0.15) is 21.5 Å². The van der Waals surface area contributed by atoms with Crippen LogP contribution in [0.4, 0.5) is 0 Å². The molecule has 0 fully saturated rings. The molecule has 2 aromatic rings. The standard InChI is InChI=1S/C14H11NO3/c1-8-11(7-15)13(18-2)10-6-4-3-5-9(10)12(8)14(16)17/h3-6H,1-2H3,(H,16,17)/p-1. The van der Waals surface area contributed by atoms with E-state index >= 15 is 0 Å². The van der Waals surface area contributed by atoms with E-state index in [0.717, 1.165) is 0 Å². The highest BCUT2D eigenvalue weighted by molar-refractivity contribution is 6.07. The number of aromatic carboxylic acids is 1. The van der Waals surface area contributed by atoms with Crippen molar-refractivity contribution >= 4 is 16.7 Å². The number of hydrogen-bond donors (Lipinski definition) is 0. The van der Waals surface area contributed by atoms with Crippen molar-refractivity contribution < 1.29 is 14.6 Å². The van der Waals surface area contributed by atoms with Gasteiger partial charge >= 0.3 is 0 Å². The van der Waals surface area contributed by atoms with E-state index in [2.05, 4.69) is 0 Å². The van der Waals surface area contributed by atoms with Gasteiger partial charge in [0, 0.05) is 10.9 Å². The fraction of sp³-hybridized carbons (Fsp3) is 0.143. The Morgan fingerprint density at radius 2 is 1.94 bits per heavy atom. The zero-order valence-electron chi connectivity index (χ0n) is 9.98. The predicted octanol–water partition coefficient (Wildman–Crippen LogP) is 1.39. The number of hydrogen-bond acceptors (Lipinski definition) is 4. The molecule has 0 amide bonds. The maximum absolute atomic E-state index is 11.2. The van der Waals surface area contributed by atoms with E-state index in [1.807, 2.05) is 6.07 Å². The van der Waals surface area contributed by atoms with Gasteiger partial charge in [0.2, 0.25) is 0 Å². The van der Waals surface area contributed by atoms with Crippen molar-refractivity contribution in [2.24, 2.45) is 0 Å². The second kappa shape index (κ2) is 4.38. The van der Waals surface area contributed by atoms with E-state index in [9.17, 15) is 9.90 Å². The molecule has 0 saturated carbocycles. The quantitative estimate of drug-likeness (QED) is 0.795. The number of nitriles is 1. The molecule has 0 atom stereocenters. The highest BCUT2D eigenvalue weighted by Crippen LogP contribution is 2.35. The van der Waals surface area contributed by atoms with Crippen molar-refractivity contribution in [3.63, 3.8) is 0 Å². The molecule has 2 rings (SSSR count). The summed E-state index contributed by atoms with van der Waals surface area (Å²) in [5.74, 6) is -0.890. The number of rotatable bonds is 2. The highest BCUT2D eigenvalue weighted by atomic mass is 16.5. The smallest absolute Gasteiger partial charge is 0.144 e. The van der Waals surface area contributed by atoms with Gasteiger partial charge in [0.15, 0.2) is 0 Å². The van der Waals surface area contributed by atoms with Crippen LogP contribution in [0.3, 0.4) is 0 Å². The molecule has 0 spiro atoms. The third-order valence-corrected chi connectivity index (χ3v) is 2.94. The Bertz CT molecular complexity index is 683. The summed E-state index contributed by atoms with van der Waals surface area (Å²) in [7, 11) is 1.46. The second-order valence-corrected chi connectivity index (χ2v) is 3.85. The minimum Gasteiger partial charge on any atom is -0.545 e. The van der Waals surface area contributed by atoms with Crippen LogP contribution in [0, 0.1) is 18.3 Å². The van der Waals surface area contributed by atoms with Crippen LogP contribution >= 0.6 is 0 Å². The number of carbonyl (C=O) groups excluding carboxylic acids is 1. The molecule has 0 aromatic heterocycles. The first-order valence-electron chi connectivity index (χ1n) is 5.32. The number of carboxylic acids is 1. The molecule has 0 N–H and O–H groups in total. The first kappa shape index (κ1) is 11.9. The molecule has 0 aliphatic rings. The predicted molar refractivity (Wildman–Crippen MR) is 64.3 cm³/mol. The van der Waals surface area contributed by atoms with Gasteiger partial charge in [0.1, 0.15) is 11.8 Å². The van der Waals surface area contributed by atoms with E-state index in [1.54, 1.807) is 31.2 Å². The van der Waals surface area contributed by atoms with Crippen molar-refractivity contribution in [1.82, 2.24) is 0 Å². The van der Waals surface area contributed by atoms with E-state index in [0.29, 0.717) is 22.1 Å². The normalized spacial score (nSPS) is 10.1. The van der Waals surface area contributed by atoms with E-state index < -0.39 is 5.97 Å². The summed E-state index contributed by atoms with van der Waals surface area (Å²) in [4.78, 5) is 11.2. The van der Waals surface area contributed by atoms with Crippen LogP contribution in [0.25, 0.3) is 10.8 Å². The number of carbonyl (C=O) groups is 1. The average molecular weight is 240 g/mol. The molecule has 0 saturated heterocycles. The maximum atomic E-state index is 11.2. The van der Waals surface area contributed by atoms with Gasteiger partial charge in [-0.25, -0.2) is 0 Å². The number of nitrogens with zero attached hydrogens (tertiary/aromatic N) is 1. The largest absolute Gasteiger partial charge is 0.545 e. The minimum absolute atomic E-state index is 0.0444. The van der Waals surface area contributed by atoms with Crippen molar-refractivity contribution in [2.75, 3.05) is 7.11 Å². The van der Waals surface area contributed by atoms with Crippen molar-refractivity contribution in [1.29, 1.82) is 5.26 Å². The van der Waals surface area contributed by atoms with Crippen LogP contribution in [0.15, 0.2) is 24.3 Å². The molecule has 90 valence electrons. The number of benzene rings is 2. The van der Waals surface area contributed by atoms with E-state index in [4.69, 9.17) is 10.00 Å². The summed E-state index contributed by atoms with van der Waals surface area (Å²) >= 11 is 0. The maximum Gasteiger partial charge on any atom is 0.144 e. The van der Waals surface area contributed by atoms with Gasteiger partial charge in [-0.05, 0) is 17.9 Å². The summed E-state index contributed by atoms with van der Waals surface area (Å²) in [6.07, 6.45) is 0. The third kappa shape index (κ3) is 1.57. The molecule has 18 heavy (non-hydrogen) atoms. The minimum atomic E-state index is -1.29. The molecule has 0 radical (unpaired) electrons. The molecule has 0 unspecified atom stereocenters. The van der Waals surface area contributed by atoms with E-state index in [1.165, 1.54) is 7.11 Å². The zero-order valence-corrected chi connectivity index (χ0v) is 9.98. The van der Waals surface area contributed by atoms with Crippen LogP contribution in [0.2, 0.25) is 0 Å². The Morgan fingerprint density at radius 3 is 2.44 bits per heavy atom. The van der Waals surface area contributed by atoms with E-state index in [-0.39, 0.29) is 11.1 Å². The van der Waals surface area contributed by atoms with Gasteiger partial charge in [0.25, 0.3) is 0 Å². The molecule has 0 aliphatic heterocycles. The van der Waals surface area contributed by atoms with Crippen molar-refractivity contribution in [2.45, 2.75) is 6.92 Å². The van der Waals surface area contributed by atoms with Crippen LogP contribution < -0.4 is 9.84 Å². The van der Waals surface area contributed by atoms with Crippen LogP contribution in [0.5, 0.6) is 5.75 Å². The number of ether oxygens (including phenoxy) is 1. The van der Waals surface area contributed by atoms with Crippen LogP contribution in [-0.4, -0.2) is 13.1 Å². The third-order valence-electron chi connectivity index (χ3n) is 2.94. The lowest BCUT2D eigenvalue weighted by atomic mass is 9.94. The summed E-state index contributed by atoms with van der Waals surface area (Å²) in [5, 5.41) is 21.5. The molecule has 0 bridgehead atoms. The summed E-state index contributed by atoms with van der Waals surface area (Å²) < 4.78 is 5.23. The first-order valence-corrected chi connectivity index (χ1v) is 5.32. The fourth-order valence-corrected chi connectivity index (χ4v) is 2.14. The summed E-state index contributed by atoms with van der Waals surface area (Å²) in [6.45, 7) is 1.58. The van der Waals surface area contributed by atoms with Gasteiger partial charge in [-0.15, -0.1) is 0 Å². The molecule has 4 nitrogen and oxygen atoms in total. The average Bonchev–Trinajstić information content (AvgIpc) is 2.36. The Balaban J connectivity index is 3.07. The lowest BCUT2D eigenvalue weighted by Crippen LogP contribution is -2.24. The fourth-order valence-electron chi connectivity index (χ4n) is 2.14. The SMILES string of the molecule is COc1c(C#N)c(C)c(C(=O)[O-])c2ccccc12. The topological polar surface area (TPSA) is 73.1 Å². The van der Waals surface area contributed by atoms with Gasteiger partial charge < -0.3 is 14.6 Å². The summed E-state index contributed by atoms with van der Waals surface area (Å²) in [5.41, 5.74) is 0.645. The number of fused-ring (bicyclic) bond motifs is 1. The molecule has 0 aliphatic carbocycles. The second-order valence-electron chi connectivity index (χ2n) is 3.85. The highest BCUT2D eigenvalue weighted by Gasteiger charge is 2.17. The molecule has 2 aromatic carbocycles. The van der Waals surface area contributed by atoms with Gasteiger partial charge in [-0.3, -0.25) is 0 Å². The number of carboxylic acid groups (broad SMARTS) is 1. The Labute approximate surface area is 104 Å². The lowest BCUT2D eigenvalue weighted by Gasteiger charge is -2.16. The number of methoxy groups -OCH3 is 1. The Kier molecular flexibility index (Phi) is 2.90. The summed E-state index contributed by atoms with van der Waals surface area (Å²) in [6, 6.07) is 8.89. The van der Waals surface area contributed by atoms with Gasteiger partial charge in [0.05, 0.1) is 18.6 Å².